The van der Waals surface area contributed by atoms with Gasteiger partial charge in [0.1, 0.15) is 17.5 Å². The highest BCUT2D eigenvalue weighted by atomic mass is 15.3. The van der Waals surface area contributed by atoms with Gasteiger partial charge in [-0.05, 0) is 63.2 Å². The van der Waals surface area contributed by atoms with Crippen LogP contribution >= 0.6 is 0 Å². The molecule has 5 nitrogen and oxygen atoms in total. The summed E-state index contributed by atoms with van der Waals surface area (Å²) in [6.07, 6.45) is 8.31. The van der Waals surface area contributed by atoms with E-state index >= 15 is 0 Å². The normalized spacial score (nSPS) is 38.0. The fourth-order valence-corrected chi connectivity index (χ4v) is 5.24. The van der Waals surface area contributed by atoms with Crippen molar-refractivity contribution in [2.24, 2.45) is 23.6 Å². The van der Waals surface area contributed by atoms with Gasteiger partial charge >= 0.3 is 0 Å². The highest BCUT2D eigenvalue weighted by Gasteiger charge is 2.51. The topological polar surface area (TPSA) is 75.9 Å². The van der Waals surface area contributed by atoms with Crippen molar-refractivity contribution in [3.63, 3.8) is 0 Å². The van der Waals surface area contributed by atoms with Crippen LogP contribution in [0.2, 0.25) is 0 Å². The zero-order valence-electron chi connectivity index (χ0n) is 12.0. The number of hydrogen-bond acceptors (Lipinski definition) is 5. The van der Waals surface area contributed by atoms with Crippen molar-refractivity contribution >= 4 is 11.6 Å². The Balaban J connectivity index is 1.61. The molecule has 0 atom stereocenters. The molecule has 5 heteroatoms. The number of anilines is 2. The van der Waals surface area contributed by atoms with Gasteiger partial charge in [-0.2, -0.15) is 0 Å². The Bertz CT molecular complexity index is 492. The monoisotopic (exact) mass is 273 g/mol. The molecule has 0 radical (unpaired) electrons. The summed E-state index contributed by atoms with van der Waals surface area (Å²) in [7, 11) is 0. The maximum Gasteiger partial charge on any atom is 0.145 e. The van der Waals surface area contributed by atoms with Crippen molar-refractivity contribution in [1.29, 1.82) is 0 Å². The Labute approximate surface area is 119 Å². The van der Waals surface area contributed by atoms with Gasteiger partial charge in [-0.1, -0.05) is 0 Å². The molecule has 0 aromatic carbocycles. The van der Waals surface area contributed by atoms with Gasteiger partial charge in [0.25, 0.3) is 0 Å². The van der Waals surface area contributed by atoms with Gasteiger partial charge in [-0.3, -0.25) is 0 Å². The molecular weight excluding hydrogens is 250 g/mol. The van der Waals surface area contributed by atoms with E-state index in [-0.39, 0.29) is 5.54 Å². The molecule has 1 aromatic rings. The lowest BCUT2D eigenvalue weighted by Gasteiger charge is -2.57. The number of nitrogens with two attached hydrogens (primary N) is 1. The Kier molecular flexibility index (Phi) is 2.67. The summed E-state index contributed by atoms with van der Waals surface area (Å²) < 4.78 is 0. The molecule has 4 aliphatic rings. The van der Waals surface area contributed by atoms with E-state index in [1.165, 1.54) is 38.5 Å². The second-order valence-corrected chi connectivity index (χ2v) is 7.15. The Morgan fingerprint density at radius 2 is 1.60 bits per heavy atom. The quantitative estimate of drug-likeness (QED) is 0.582. The second-order valence-electron chi connectivity index (χ2n) is 7.15. The van der Waals surface area contributed by atoms with Gasteiger partial charge in [0.15, 0.2) is 0 Å². The molecule has 20 heavy (non-hydrogen) atoms. The molecule has 0 spiro atoms. The summed E-state index contributed by atoms with van der Waals surface area (Å²) in [5.41, 5.74) is 2.90. The van der Waals surface area contributed by atoms with Gasteiger partial charge in [0.2, 0.25) is 0 Å². The van der Waals surface area contributed by atoms with E-state index in [0.29, 0.717) is 5.82 Å². The van der Waals surface area contributed by atoms with E-state index in [1.807, 2.05) is 13.0 Å². The number of aryl methyl sites for hydroxylation is 1. The van der Waals surface area contributed by atoms with Gasteiger partial charge in [0.05, 0.1) is 0 Å². The van der Waals surface area contributed by atoms with E-state index in [1.54, 1.807) is 0 Å². The fraction of sp³-hybridized carbons (Fsp3) is 0.733. The SMILES string of the molecule is Cc1nc(NN)cc(NC23CC4CC(CC(C4)C2)C3)n1. The van der Waals surface area contributed by atoms with Gasteiger partial charge < -0.3 is 10.7 Å². The van der Waals surface area contributed by atoms with Crippen LogP contribution in [0.15, 0.2) is 6.07 Å². The van der Waals surface area contributed by atoms with Crippen LogP contribution in [0.5, 0.6) is 0 Å². The average molecular weight is 273 g/mol. The van der Waals surface area contributed by atoms with E-state index in [9.17, 15) is 0 Å². The lowest BCUT2D eigenvalue weighted by atomic mass is 9.53. The first kappa shape index (κ1) is 12.4. The highest BCUT2D eigenvalue weighted by Crippen LogP contribution is 2.56. The van der Waals surface area contributed by atoms with Gasteiger partial charge in [-0.25, -0.2) is 15.8 Å². The summed E-state index contributed by atoms with van der Waals surface area (Å²) in [5.74, 6) is 10.6. The maximum absolute atomic E-state index is 5.48. The van der Waals surface area contributed by atoms with Crippen molar-refractivity contribution < 1.29 is 0 Å². The number of nitrogens with one attached hydrogen (secondary N) is 2. The molecule has 0 amide bonds. The Hall–Kier alpha value is -1.36. The third-order valence-corrected chi connectivity index (χ3v) is 5.42. The first-order valence-corrected chi connectivity index (χ1v) is 7.75. The smallest absolute Gasteiger partial charge is 0.145 e. The molecule has 0 saturated heterocycles. The molecule has 108 valence electrons. The highest BCUT2D eigenvalue weighted by molar-refractivity contribution is 5.48. The molecule has 1 heterocycles. The van der Waals surface area contributed by atoms with Crippen molar-refractivity contribution in [3.05, 3.63) is 11.9 Å². The molecule has 4 bridgehead atoms. The second kappa shape index (κ2) is 4.32. The molecular formula is C15H23N5. The zero-order chi connectivity index (χ0) is 13.7. The van der Waals surface area contributed by atoms with Crippen LogP contribution in [0.25, 0.3) is 0 Å². The molecule has 1 aromatic heterocycles. The molecule has 4 N–H and O–H groups in total. The largest absolute Gasteiger partial charge is 0.364 e. The standard InChI is InChI=1S/C15H23N5/c1-9-17-13(5-14(18-9)20-16)19-15-6-10-2-11(7-15)4-12(3-10)8-15/h5,10-12H,2-4,6-8,16H2,1H3,(H2,17,18,19,20). The summed E-state index contributed by atoms with van der Waals surface area (Å²) in [5, 5.41) is 3.76. The number of hydrazine groups is 1. The molecule has 0 unspecified atom stereocenters. The minimum atomic E-state index is 0.279. The van der Waals surface area contributed by atoms with Crippen molar-refractivity contribution in [3.8, 4) is 0 Å². The van der Waals surface area contributed by atoms with Crippen LogP contribution in [0.3, 0.4) is 0 Å². The minimum absolute atomic E-state index is 0.279. The van der Waals surface area contributed by atoms with Crippen molar-refractivity contribution in [2.75, 3.05) is 10.7 Å². The summed E-state index contributed by atoms with van der Waals surface area (Å²) >= 11 is 0. The number of nitrogens with zero attached hydrogens (tertiary/aromatic N) is 2. The van der Waals surface area contributed by atoms with E-state index in [0.717, 1.165) is 29.4 Å². The minimum Gasteiger partial charge on any atom is -0.364 e. The predicted octanol–water partition coefficient (Wildman–Crippen LogP) is 2.45. The predicted molar refractivity (Wildman–Crippen MR) is 79.1 cm³/mol. The van der Waals surface area contributed by atoms with Crippen molar-refractivity contribution in [2.45, 2.75) is 51.0 Å². The van der Waals surface area contributed by atoms with E-state index in [4.69, 9.17) is 5.84 Å². The van der Waals surface area contributed by atoms with Crippen LogP contribution in [0.4, 0.5) is 11.6 Å². The lowest BCUT2D eigenvalue weighted by Crippen LogP contribution is -2.54. The maximum atomic E-state index is 5.48. The summed E-state index contributed by atoms with van der Waals surface area (Å²) in [4.78, 5) is 8.80. The number of aromatic nitrogens is 2. The van der Waals surface area contributed by atoms with Crippen LogP contribution in [-0.2, 0) is 0 Å². The molecule has 0 aliphatic heterocycles. The first-order valence-electron chi connectivity index (χ1n) is 7.75. The molecule has 4 aliphatic carbocycles. The number of nitrogen functional groups attached to an aromatic ring is 1. The average Bonchev–Trinajstić information content (AvgIpc) is 2.35. The molecule has 5 rings (SSSR count). The number of rotatable bonds is 3. The van der Waals surface area contributed by atoms with Crippen LogP contribution in [0.1, 0.15) is 44.3 Å². The Morgan fingerprint density at radius 3 is 2.15 bits per heavy atom. The van der Waals surface area contributed by atoms with Crippen molar-refractivity contribution in [1.82, 2.24) is 9.97 Å². The lowest BCUT2D eigenvalue weighted by molar-refractivity contribution is 0.0105. The van der Waals surface area contributed by atoms with Gasteiger partial charge in [-0.15, -0.1) is 0 Å². The zero-order valence-corrected chi connectivity index (χ0v) is 12.0. The summed E-state index contributed by atoms with van der Waals surface area (Å²) in [6.45, 7) is 1.91. The third-order valence-electron chi connectivity index (χ3n) is 5.42. The van der Waals surface area contributed by atoms with Crippen LogP contribution < -0.4 is 16.6 Å². The van der Waals surface area contributed by atoms with E-state index in [2.05, 4.69) is 20.7 Å². The number of hydrogen-bond donors (Lipinski definition) is 3. The molecule has 4 fully saturated rings. The van der Waals surface area contributed by atoms with Gasteiger partial charge in [0, 0.05) is 11.6 Å². The van der Waals surface area contributed by atoms with E-state index < -0.39 is 0 Å². The summed E-state index contributed by atoms with van der Waals surface area (Å²) in [6, 6.07) is 1.92. The first-order chi connectivity index (χ1) is 9.64. The molecule has 4 saturated carbocycles. The Morgan fingerprint density at radius 1 is 1.05 bits per heavy atom. The van der Waals surface area contributed by atoms with Crippen LogP contribution in [-0.4, -0.2) is 15.5 Å². The van der Waals surface area contributed by atoms with Crippen LogP contribution in [0, 0.1) is 24.7 Å². The fourth-order valence-electron chi connectivity index (χ4n) is 5.24. The third kappa shape index (κ3) is 2.04.